The van der Waals surface area contributed by atoms with Gasteiger partial charge in [0.1, 0.15) is 18.1 Å². The van der Waals surface area contributed by atoms with Gasteiger partial charge in [0, 0.05) is 13.1 Å². The van der Waals surface area contributed by atoms with Crippen molar-refractivity contribution in [3.8, 4) is 29.7 Å². The standard InChI is InChI=1S/C28H29N3O4/c1-3-16-33-21-24(32)18-30(19-26-15-10-17-34-26)20-27-22(2)29-31(23-11-6-4-7-12-23)28(27)35-25-13-8-5-9-14-25/h1,4-15,17,24,32H,16,18-21H2,2H3. The molecule has 1 unspecified atom stereocenters. The van der Waals surface area contributed by atoms with E-state index in [-0.39, 0.29) is 13.2 Å². The molecule has 0 fully saturated rings. The fraction of sp³-hybridized carbons (Fsp3) is 0.250. The summed E-state index contributed by atoms with van der Waals surface area (Å²) in [5.41, 5.74) is 2.65. The normalized spacial score (nSPS) is 11.9. The fourth-order valence-corrected chi connectivity index (χ4v) is 3.81. The smallest absolute Gasteiger partial charge is 0.227 e. The van der Waals surface area contributed by atoms with Crippen molar-refractivity contribution in [2.75, 3.05) is 19.8 Å². The molecule has 2 aromatic carbocycles. The van der Waals surface area contributed by atoms with Crippen molar-refractivity contribution in [3.05, 3.63) is 96.1 Å². The van der Waals surface area contributed by atoms with Gasteiger partial charge < -0.3 is 19.0 Å². The highest BCUT2D eigenvalue weighted by atomic mass is 16.5. The number of aromatic nitrogens is 2. The van der Waals surface area contributed by atoms with Crippen LogP contribution in [-0.2, 0) is 17.8 Å². The van der Waals surface area contributed by atoms with Crippen LogP contribution in [-0.4, -0.2) is 45.6 Å². The minimum atomic E-state index is -0.721. The van der Waals surface area contributed by atoms with Crippen LogP contribution in [0, 0.1) is 19.3 Å². The molecule has 1 N–H and O–H groups in total. The first kappa shape index (κ1) is 24.3. The van der Waals surface area contributed by atoms with E-state index in [0.717, 1.165) is 22.7 Å². The van der Waals surface area contributed by atoms with Crippen molar-refractivity contribution in [2.45, 2.75) is 26.1 Å². The van der Waals surface area contributed by atoms with Crippen LogP contribution in [0.25, 0.3) is 5.69 Å². The molecule has 1 atom stereocenters. The van der Waals surface area contributed by atoms with E-state index in [1.165, 1.54) is 0 Å². The minimum absolute atomic E-state index is 0.147. The van der Waals surface area contributed by atoms with Crippen molar-refractivity contribution < 1.29 is 19.0 Å². The summed E-state index contributed by atoms with van der Waals surface area (Å²) in [6.45, 7) is 3.60. The highest BCUT2D eigenvalue weighted by molar-refractivity contribution is 5.43. The Hall–Kier alpha value is -3.83. The summed E-state index contributed by atoms with van der Waals surface area (Å²) >= 11 is 0. The predicted octanol–water partition coefficient (Wildman–Crippen LogP) is 4.58. The van der Waals surface area contributed by atoms with Crippen molar-refractivity contribution in [2.24, 2.45) is 0 Å². The van der Waals surface area contributed by atoms with Gasteiger partial charge >= 0.3 is 0 Å². The number of terminal acetylenes is 1. The Morgan fingerprint density at radius 1 is 1.06 bits per heavy atom. The summed E-state index contributed by atoms with van der Waals surface area (Å²) in [7, 11) is 0. The molecule has 4 aromatic rings. The largest absolute Gasteiger partial charge is 0.468 e. The van der Waals surface area contributed by atoms with Crippen LogP contribution in [0.15, 0.2) is 83.5 Å². The Labute approximate surface area is 205 Å². The Morgan fingerprint density at radius 3 is 2.49 bits per heavy atom. The molecule has 0 aliphatic heterocycles. The van der Waals surface area contributed by atoms with Gasteiger partial charge in [0.25, 0.3) is 0 Å². The average Bonchev–Trinajstić information content (AvgIpc) is 3.49. The third-order valence-corrected chi connectivity index (χ3v) is 5.40. The van der Waals surface area contributed by atoms with Crippen LogP contribution < -0.4 is 4.74 Å². The van der Waals surface area contributed by atoms with E-state index in [2.05, 4.69) is 10.8 Å². The summed E-state index contributed by atoms with van der Waals surface area (Å²) in [4.78, 5) is 2.08. The number of nitrogens with zero attached hydrogens (tertiary/aromatic N) is 3. The monoisotopic (exact) mass is 471 g/mol. The molecule has 0 radical (unpaired) electrons. The number of para-hydroxylation sites is 2. The van der Waals surface area contributed by atoms with E-state index in [4.69, 9.17) is 25.4 Å². The van der Waals surface area contributed by atoms with E-state index in [1.807, 2.05) is 84.4 Å². The Balaban J connectivity index is 1.65. The van der Waals surface area contributed by atoms with Crippen molar-refractivity contribution in [1.29, 1.82) is 0 Å². The summed E-state index contributed by atoms with van der Waals surface area (Å²) in [5.74, 6) is 4.55. The SMILES string of the molecule is C#CCOCC(O)CN(Cc1ccco1)Cc1c(C)nn(-c2ccccc2)c1Oc1ccccc1. The molecule has 0 saturated heterocycles. The summed E-state index contributed by atoms with van der Waals surface area (Å²) < 4.78 is 19.1. The van der Waals surface area contributed by atoms with Crippen LogP contribution >= 0.6 is 0 Å². The van der Waals surface area contributed by atoms with Crippen LogP contribution in [0.3, 0.4) is 0 Å². The second-order valence-electron chi connectivity index (χ2n) is 8.15. The van der Waals surface area contributed by atoms with Gasteiger partial charge in [0.2, 0.25) is 5.88 Å². The number of benzene rings is 2. The molecule has 0 aliphatic carbocycles. The number of furan rings is 1. The average molecular weight is 472 g/mol. The van der Waals surface area contributed by atoms with Gasteiger partial charge in [-0.25, -0.2) is 4.68 Å². The molecule has 0 saturated carbocycles. The first-order valence-corrected chi connectivity index (χ1v) is 11.4. The number of hydrogen-bond acceptors (Lipinski definition) is 6. The maximum absolute atomic E-state index is 10.6. The van der Waals surface area contributed by atoms with Gasteiger partial charge in [-0.1, -0.05) is 42.3 Å². The lowest BCUT2D eigenvalue weighted by Crippen LogP contribution is -2.34. The molecule has 2 heterocycles. The fourth-order valence-electron chi connectivity index (χ4n) is 3.81. The van der Waals surface area contributed by atoms with Gasteiger partial charge in [0.05, 0.1) is 42.5 Å². The summed E-state index contributed by atoms with van der Waals surface area (Å²) in [5, 5.41) is 15.4. The van der Waals surface area contributed by atoms with Crippen molar-refractivity contribution in [1.82, 2.24) is 14.7 Å². The van der Waals surface area contributed by atoms with E-state index >= 15 is 0 Å². The van der Waals surface area contributed by atoms with Crippen LogP contribution in [0.1, 0.15) is 17.0 Å². The summed E-state index contributed by atoms with van der Waals surface area (Å²) in [6.07, 6.45) is 6.17. The number of ether oxygens (including phenoxy) is 2. The molecule has 4 rings (SSSR count). The zero-order valence-corrected chi connectivity index (χ0v) is 19.7. The van der Waals surface area contributed by atoms with E-state index in [1.54, 1.807) is 6.26 Å². The third kappa shape index (κ3) is 6.61. The zero-order valence-electron chi connectivity index (χ0n) is 19.7. The number of aliphatic hydroxyl groups excluding tert-OH is 1. The first-order valence-electron chi connectivity index (χ1n) is 11.4. The lowest BCUT2D eigenvalue weighted by Gasteiger charge is -2.24. The molecule has 35 heavy (non-hydrogen) atoms. The first-order chi connectivity index (χ1) is 17.1. The van der Waals surface area contributed by atoms with Crippen LogP contribution in [0.2, 0.25) is 0 Å². The maximum Gasteiger partial charge on any atom is 0.227 e. The number of hydrogen-bond donors (Lipinski definition) is 1. The minimum Gasteiger partial charge on any atom is -0.468 e. The number of aliphatic hydroxyl groups is 1. The quantitative estimate of drug-likeness (QED) is 0.241. The zero-order chi connectivity index (χ0) is 24.5. The molecule has 0 spiro atoms. The highest BCUT2D eigenvalue weighted by Gasteiger charge is 2.23. The van der Waals surface area contributed by atoms with Gasteiger partial charge in [-0.15, -0.1) is 6.42 Å². The molecule has 7 nitrogen and oxygen atoms in total. The molecular formula is C28H29N3O4. The van der Waals surface area contributed by atoms with Crippen LogP contribution in [0.5, 0.6) is 11.6 Å². The van der Waals surface area contributed by atoms with Gasteiger partial charge in [-0.3, -0.25) is 4.90 Å². The summed E-state index contributed by atoms with van der Waals surface area (Å²) in [6, 6.07) is 23.3. The third-order valence-electron chi connectivity index (χ3n) is 5.40. The van der Waals surface area contributed by atoms with Gasteiger partial charge in [-0.2, -0.15) is 5.10 Å². The van der Waals surface area contributed by atoms with Crippen LogP contribution in [0.4, 0.5) is 0 Å². The molecule has 180 valence electrons. The molecular weight excluding hydrogens is 442 g/mol. The molecule has 7 heteroatoms. The topological polar surface area (TPSA) is 72.9 Å². The molecule has 0 bridgehead atoms. The predicted molar refractivity (Wildman–Crippen MR) is 133 cm³/mol. The lowest BCUT2D eigenvalue weighted by atomic mass is 10.2. The van der Waals surface area contributed by atoms with Gasteiger partial charge in [-0.05, 0) is 43.3 Å². The van der Waals surface area contributed by atoms with E-state index in [0.29, 0.717) is 31.3 Å². The Morgan fingerprint density at radius 2 is 1.80 bits per heavy atom. The Kier molecular flexibility index (Phi) is 8.36. The highest BCUT2D eigenvalue weighted by Crippen LogP contribution is 2.32. The van der Waals surface area contributed by atoms with Crippen molar-refractivity contribution >= 4 is 0 Å². The Bertz CT molecular complexity index is 1210. The van der Waals surface area contributed by atoms with Crippen molar-refractivity contribution in [3.63, 3.8) is 0 Å². The molecule has 2 aromatic heterocycles. The second-order valence-corrected chi connectivity index (χ2v) is 8.15. The number of aryl methyl sites for hydroxylation is 1. The lowest BCUT2D eigenvalue weighted by molar-refractivity contribution is 0.0228. The number of rotatable bonds is 12. The van der Waals surface area contributed by atoms with Gasteiger partial charge in [0.15, 0.2) is 0 Å². The van der Waals surface area contributed by atoms with E-state index in [9.17, 15) is 5.11 Å². The molecule has 0 amide bonds. The maximum atomic E-state index is 10.6. The van der Waals surface area contributed by atoms with E-state index < -0.39 is 6.10 Å². The second kappa shape index (κ2) is 12.0. The molecule has 0 aliphatic rings.